The molecule has 1 aromatic heterocycles. The second-order valence-corrected chi connectivity index (χ2v) is 8.76. The van der Waals surface area contributed by atoms with Crippen LogP contribution >= 0.6 is 11.6 Å². The summed E-state index contributed by atoms with van der Waals surface area (Å²) in [7, 11) is 0. The highest BCUT2D eigenvalue weighted by molar-refractivity contribution is 6.31. The molecule has 4 aromatic rings. The van der Waals surface area contributed by atoms with E-state index in [1.807, 2.05) is 54.3 Å². The fraction of sp³-hybridized carbons (Fsp3) is 0.222. The van der Waals surface area contributed by atoms with Gasteiger partial charge >= 0.3 is 6.03 Å². The maximum Gasteiger partial charge on any atom is 0.322 e. The van der Waals surface area contributed by atoms with Gasteiger partial charge in [-0.1, -0.05) is 53.6 Å². The number of carbonyl (C=O) groups excluding carboxylic acids is 1. The normalized spacial score (nSPS) is 15.4. The van der Waals surface area contributed by atoms with Gasteiger partial charge in [-0.05, 0) is 61.7 Å². The number of aromatic amines is 1. The predicted octanol–water partition coefficient (Wildman–Crippen LogP) is 6.71. The molecule has 1 aliphatic heterocycles. The molecule has 2 amide bonds. The molecule has 0 unspecified atom stereocenters. The SMILES string of the molecule is CCOc1ccccc1NC(=O)N1CCc2c([nH]c3ccc(Cl)cc23)[C@H]1c1ccc(C)cc1. The number of carbonyl (C=O) groups is 1. The number of fused-ring (bicyclic) bond motifs is 3. The fourth-order valence-electron chi connectivity index (χ4n) is 4.61. The van der Waals surface area contributed by atoms with Crippen LogP contribution < -0.4 is 10.1 Å². The Balaban J connectivity index is 1.56. The second kappa shape index (κ2) is 8.83. The lowest BCUT2D eigenvalue weighted by Crippen LogP contribution is -2.43. The van der Waals surface area contributed by atoms with Crippen molar-refractivity contribution < 1.29 is 9.53 Å². The first kappa shape index (κ1) is 21.4. The van der Waals surface area contributed by atoms with Crippen LogP contribution in [0.25, 0.3) is 10.9 Å². The molecule has 5 rings (SSSR count). The van der Waals surface area contributed by atoms with Crippen LogP contribution in [0.15, 0.2) is 66.7 Å². The molecule has 168 valence electrons. The number of H-pyrrole nitrogens is 1. The summed E-state index contributed by atoms with van der Waals surface area (Å²) >= 11 is 6.30. The molecule has 1 aliphatic rings. The van der Waals surface area contributed by atoms with Gasteiger partial charge in [-0.2, -0.15) is 0 Å². The van der Waals surface area contributed by atoms with Gasteiger partial charge < -0.3 is 19.9 Å². The van der Waals surface area contributed by atoms with Crippen molar-refractivity contribution >= 4 is 34.2 Å². The number of benzene rings is 3. The maximum atomic E-state index is 13.6. The molecule has 0 saturated heterocycles. The molecule has 0 radical (unpaired) electrons. The monoisotopic (exact) mass is 459 g/mol. The van der Waals surface area contributed by atoms with Crippen LogP contribution in [-0.2, 0) is 6.42 Å². The predicted molar refractivity (Wildman–Crippen MR) is 133 cm³/mol. The van der Waals surface area contributed by atoms with Gasteiger partial charge in [0, 0.05) is 28.2 Å². The molecular weight excluding hydrogens is 434 g/mol. The van der Waals surface area contributed by atoms with Crippen molar-refractivity contribution in [1.29, 1.82) is 0 Å². The minimum absolute atomic E-state index is 0.157. The van der Waals surface area contributed by atoms with Crippen LogP contribution in [0.5, 0.6) is 5.75 Å². The quantitative estimate of drug-likeness (QED) is 0.356. The van der Waals surface area contributed by atoms with E-state index in [4.69, 9.17) is 16.3 Å². The average molecular weight is 460 g/mol. The number of nitrogens with zero attached hydrogens (tertiary/aromatic N) is 1. The van der Waals surface area contributed by atoms with Gasteiger partial charge in [0.05, 0.1) is 18.3 Å². The lowest BCUT2D eigenvalue weighted by atomic mass is 9.92. The van der Waals surface area contributed by atoms with Gasteiger partial charge in [-0.25, -0.2) is 4.79 Å². The zero-order valence-corrected chi connectivity index (χ0v) is 19.4. The molecule has 0 spiro atoms. The Morgan fingerprint density at radius 2 is 1.94 bits per heavy atom. The molecule has 0 fully saturated rings. The van der Waals surface area contributed by atoms with Crippen LogP contribution in [-0.4, -0.2) is 29.1 Å². The number of hydrogen-bond acceptors (Lipinski definition) is 2. The number of anilines is 1. The van der Waals surface area contributed by atoms with Crippen LogP contribution in [0.2, 0.25) is 5.02 Å². The number of aromatic nitrogens is 1. The van der Waals surface area contributed by atoms with E-state index in [1.54, 1.807) is 0 Å². The standard InChI is InChI=1S/C27H26ClN3O2/c1-3-33-24-7-5-4-6-23(24)30-27(32)31-15-14-20-21-16-19(28)12-13-22(21)29-25(20)26(31)18-10-8-17(2)9-11-18/h4-13,16,26,29H,3,14-15H2,1-2H3,(H,30,32)/t26-/m1/s1. The summed E-state index contributed by atoms with van der Waals surface area (Å²) < 4.78 is 5.71. The third kappa shape index (κ3) is 4.05. The third-order valence-electron chi connectivity index (χ3n) is 6.17. The molecule has 0 bridgehead atoms. The maximum absolute atomic E-state index is 13.6. The Morgan fingerprint density at radius 3 is 2.73 bits per heavy atom. The molecule has 0 aliphatic carbocycles. The second-order valence-electron chi connectivity index (χ2n) is 8.32. The summed E-state index contributed by atoms with van der Waals surface area (Å²) in [6, 6.07) is 21.4. The highest BCUT2D eigenvalue weighted by atomic mass is 35.5. The van der Waals surface area contributed by atoms with Crippen LogP contribution in [0, 0.1) is 6.92 Å². The summed E-state index contributed by atoms with van der Waals surface area (Å²) in [5.74, 6) is 0.665. The van der Waals surface area contributed by atoms with Gasteiger partial charge in [0.2, 0.25) is 0 Å². The number of nitrogens with one attached hydrogen (secondary N) is 2. The molecule has 0 saturated carbocycles. The molecule has 3 aromatic carbocycles. The molecule has 2 heterocycles. The average Bonchev–Trinajstić information content (AvgIpc) is 3.18. The minimum atomic E-state index is -0.236. The Labute approximate surface area is 198 Å². The van der Waals surface area contributed by atoms with E-state index in [1.165, 1.54) is 11.1 Å². The van der Waals surface area contributed by atoms with E-state index in [0.29, 0.717) is 29.6 Å². The number of para-hydroxylation sites is 2. The largest absolute Gasteiger partial charge is 0.492 e. The Hall–Kier alpha value is -3.44. The smallest absolute Gasteiger partial charge is 0.322 e. The van der Waals surface area contributed by atoms with Gasteiger partial charge in [0.25, 0.3) is 0 Å². The summed E-state index contributed by atoms with van der Waals surface area (Å²) in [5, 5.41) is 4.91. The molecule has 2 N–H and O–H groups in total. The van der Waals surface area contributed by atoms with E-state index in [-0.39, 0.29) is 12.1 Å². The van der Waals surface area contributed by atoms with Crippen molar-refractivity contribution in [2.45, 2.75) is 26.3 Å². The van der Waals surface area contributed by atoms with Crippen LogP contribution in [0.1, 0.15) is 35.3 Å². The first-order valence-corrected chi connectivity index (χ1v) is 11.6. The van der Waals surface area contributed by atoms with Crippen molar-refractivity contribution in [3.05, 3.63) is 94.1 Å². The summed E-state index contributed by atoms with van der Waals surface area (Å²) in [4.78, 5) is 19.1. The van der Waals surface area contributed by atoms with E-state index in [9.17, 15) is 4.79 Å². The molecular formula is C27H26ClN3O2. The topological polar surface area (TPSA) is 57.4 Å². The Kier molecular flexibility index (Phi) is 5.73. The van der Waals surface area contributed by atoms with E-state index >= 15 is 0 Å². The summed E-state index contributed by atoms with van der Waals surface area (Å²) in [6.45, 7) is 5.12. The van der Waals surface area contributed by atoms with Crippen molar-refractivity contribution in [2.75, 3.05) is 18.5 Å². The van der Waals surface area contributed by atoms with Crippen LogP contribution in [0.4, 0.5) is 10.5 Å². The molecule has 5 nitrogen and oxygen atoms in total. The Morgan fingerprint density at radius 1 is 1.15 bits per heavy atom. The highest BCUT2D eigenvalue weighted by Gasteiger charge is 2.35. The first-order valence-electron chi connectivity index (χ1n) is 11.2. The number of hydrogen-bond donors (Lipinski definition) is 2. The molecule has 1 atom stereocenters. The van der Waals surface area contributed by atoms with Crippen LogP contribution in [0.3, 0.4) is 0 Å². The lowest BCUT2D eigenvalue weighted by Gasteiger charge is -2.36. The number of amides is 2. The number of halogens is 1. The van der Waals surface area contributed by atoms with E-state index < -0.39 is 0 Å². The number of aryl methyl sites for hydroxylation is 1. The van der Waals surface area contributed by atoms with Crippen molar-refractivity contribution in [3.63, 3.8) is 0 Å². The van der Waals surface area contributed by atoms with Gasteiger partial charge in [0.15, 0.2) is 0 Å². The summed E-state index contributed by atoms with van der Waals surface area (Å²) in [6.07, 6.45) is 0.749. The zero-order chi connectivity index (χ0) is 22.9. The van der Waals surface area contributed by atoms with E-state index in [0.717, 1.165) is 28.6 Å². The van der Waals surface area contributed by atoms with Gasteiger partial charge in [-0.3, -0.25) is 0 Å². The lowest BCUT2D eigenvalue weighted by molar-refractivity contribution is 0.193. The highest BCUT2D eigenvalue weighted by Crippen LogP contribution is 2.39. The van der Waals surface area contributed by atoms with Crippen molar-refractivity contribution in [1.82, 2.24) is 9.88 Å². The molecule has 6 heteroatoms. The fourth-order valence-corrected chi connectivity index (χ4v) is 4.79. The number of ether oxygens (including phenoxy) is 1. The minimum Gasteiger partial charge on any atom is -0.492 e. The van der Waals surface area contributed by atoms with Crippen molar-refractivity contribution in [2.24, 2.45) is 0 Å². The molecule has 33 heavy (non-hydrogen) atoms. The Bertz CT molecular complexity index is 1310. The zero-order valence-electron chi connectivity index (χ0n) is 18.7. The van der Waals surface area contributed by atoms with Gasteiger partial charge in [-0.15, -0.1) is 0 Å². The third-order valence-corrected chi connectivity index (χ3v) is 6.41. The van der Waals surface area contributed by atoms with E-state index in [2.05, 4.69) is 41.5 Å². The first-order chi connectivity index (χ1) is 16.0. The number of urea groups is 1. The summed E-state index contributed by atoms with van der Waals surface area (Å²) in [5.41, 5.74) is 6.20. The number of rotatable bonds is 4. The van der Waals surface area contributed by atoms with Crippen molar-refractivity contribution in [3.8, 4) is 5.75 Å². The van der Waals surface area contributed by atoms with Gasteiger partial charge in [0.1, 0.15) is 5.75 Å².